The summed E-state index contributed by atoms with van der Waals surface area (Å²) < 4.78 is 38.1. The number of esters is 1. The fraction of sp³-hybridized carbons (Fsp3) is 0.571. The van der Waals surface area contributed by atoms with Crippen molar-refractivity contribution in [2.24, 2.45) is 0 Å². The van der Waals surface area contributed by atoms with Crippen molar-refractivity contribution in [2.45, 2.75) is 56.3 Å². The quantitative estimate of drug-likeness (QED) is 0.505. The largest absolute Gasteiger partial charge is 0.475 e. The molecule has 0 bridgehead atoms. The van der Waals surface area contributed by atoms with Crippen LogP contribution in [0.25, 0.3) is 11.3 Å². The molecule has 2 aliphatic heterocycles. The van der Waals surface area contributed by atoms with Gasteiger partial charge in [0.1, 0.15) is 6.61 Å². The van der Waals surface area contributed by atoms with Crippen LogP contribution in [0.2, 0.25) is 0 Å². The van der Waals surface area contributed by atoms with Crippen LogP contribution < -0.4 is 4.74 Å². The van der Waals surface area contributed by atoms with Crippen LogP contribution in [0.15, 0.2) is 36.4 Å². The Hall–Kier alpha value is -2.53. The van der Waals surface area contributed by atoms with Gasteiger partial charge >= 0.3 is 5.97 Å². The number of nitrogens with zero attached hydrogens (tertiary/aromatic N) is 3. The number of benzene rings is 1. The van der Waals surface area contributed by atoms with Crippen molar-refractivity contribution in [1.29, 1.82) is 0 Å². The molecule has 2 fully saturated rings. The van der Waals surface area contributed by atoms with Crippen molar-refractivity contribution in [3.63, 3.8) is 0 Å². The van der Waals surface area contributed by atoms with Crippen LogP contribution in [0.3, 0.4) is 0 Å². The zero-order valence-corrected chi connectivity index (χ0v) is 23.5. The number of sulfonamides is 1. The predicted octanol–water partition coefficient (Wildman–Crippen LogP) is 2.96. The second-order valence-electron chi connectivity index (χ2n) is 10.6. The molecule has 2 saturated heterocycles. The lowest BCUT2D eigenvalue weighted by molar-refractivity contribution is -0.145. The molecule has 10 heteroatoms. The van der Waals surface area contributed by atoms with Crippen LogP contribution in [0.5, 0.6) is 5.88 Å². The van der Waals surface area contributed by atoms with E-state index in [-0.39, 0.29) is 25.4 Å². The Balaban J connectivity index is 1.46. The fourth-order valence-corrected chi connectivity index (χ4v) is 7.67. The standard InChI is InChI=1S/C28H39N3O6S/c1-20-18-23(8-9-24(20)25-6-5-7-26(29-25)37-19-21(2)32)22-10-14-31(15-11-22)38(34,35)28(27(33)36-4)12-16-30(3)17-13-28/h5-9,18,21-22,32H,10-17,19H2,1-4H3. The number of ether oxygens (including phenoxy) is 2. The SMILES string of the molecule is COC(=O)C1(S(=O)(=O)N2CCC(c3ccc(-c4cccc(OCC(C)O)n4)c(C)c3)CC2)CCN(C)CC1. The average molecular weight is 546 g/mol. The number of hydrogen-bond acceptors (Lipinski definition) is 8. The molecule has 0 radical (unpaired) electrons. The molecule has 9 nitrogen and oxygen atoms in total. The number of pyridine rings is 1. The van der Waals surface area contributed by atoms with Crippen LogP contribution in [-0.4, -0.2) is 91.5 Å². The summed E-state index contributed by atoms with van der Waals surface area (Å²) in [5.41, 5.74) is 4.04. The minimum Gasteiger partial charge on any atom is -0.475 e. The third-order valence-electron chi connectivity index (χ3n) is 7.83. The van der Waals surface area contributed by atoms with Crippen LogP contribution in [0, 0.1) is 6.92 Å². The summed E-state index contributed by atoms with van der Waals surface area (Å²) in [7, 11) is -0.652. The van der Waals surface area contributed by atoms with Gasteiger partial charge in [-0.2, -0.15) is 0 Å². The van der Waals surface area contributed by atoms with E-state index in [1.807, 2.05) is 31.0 Å². The van der Waals surface area contributed by atoms with Gasteiger partial charge < -0.3 is 19.5 Å². The number of methoxy groups -OCH3 is 1. The molecule has 0 amide bonds. The van der Waals surface area contributed by atoms with E-state index in [2.05, 4.69) is 23.2 Å². The first-order chi connectivity index (χ1) is 18.1. The van der Waals surface area contributed by atoms with Gasteiger partial charge in [0.05, 0.1) is 18.9 Å². The number of aliphatic hydroxyl groups excluding tert-OH is 1. The first-order valence-corrected chi connectivity index (χ1v) is 14.7. The maximum absolute atomic E-state index is 13.8. The summed E-state index contributed by atoms with van der Waals surface area (Å²) in [5, 5.41) is 9.47. The van der Waals surface area contributed by atoms with E-state index in [1.54, 1.807) is 13.0 Å². The molecule has 2 aliphatic rings. The van der Waals surface area contributed by atoms with Gasteiger partial charge in [-0.1, -0.05) is 24.3 Å². The topological polar surface area (TPSA) is 109 Å². The molecule has 1 unspecified atom stereocenters. The number of likely N-dealkylation sites (tertiary alicyclic amines) is 1. The first-order valence-electron chi connectivity index (χ1n) is 13.2. The Kier molecular flexibility index (Phi) is 8.76. The molecule has 0 aliphatic carbocycles. The fourth-order valence-electron chi connectivity index (χ4n) is 5.49. The average Bonchev–Trinajstić information content (AvgIpc) is 2.92. The number of rotatable bonds is 8. The van der Waals surface area contributed by atoms with Gasteiger partial charge in [-0.25, -0.2) is 17.7 Å². The lowest BCUT2D eigenvalue weighted by Gasteiger charge is -2.42. The molecular weight excluding hydrogens is 506 g/mol. The molecule has 0 spiro atoms. The van der Waals surface area contributed by atoms with Crippen molar-refractivity contribution in [1.82, 2.24) is 14.2 Å². The molecule has 4 rings (SSSR count). The first kappa shape index (κ1) is 28.5. The van der Waals surface area contributed by atoms with Gasteiger partial charge in [-0.3, -0.25) is 4.79 Å². The van der Waals surface area contributed by atoms with E-state index in [9.17, 15) is 18.3 Å². The predicted molar refractivity (Wildman–Crippen MR) is 146 cm³/mol. The van der Waals surface area contributed by atoms with Gasteiger partial charge in [0, 0.05) is 24.7 Å². The third-order valence-corrected chi connectivity index (χ3v) is 10.4. The number of aliphatic hydroxyl groups is 1. The minimum absolute atomic E-state index is 0.181. The molecule has 3 heterocycles. The summed E-state index contributed by atoms with van der Waals surface area (Å²) in [5.74, 6) is 0.0529. The van der Waals surface area contributed by atoms with Crippen molar-refractivity contribution in [3.05, 3.63) is 47.5 Å². The van der Waals surface area contributed by atoms with Crippen molar-refractivity contribution in [2.75, 3.05) is 46.9 Å². The number of aromatic nitrogens is 1. The maximum Gasteiger partial charge on any atom is 0.328 e. The molecule has 1 atom stereocenters. The van der Waals surface area contributed by atoms with Crippen molar-refractivity contribution < 1.29 is 27.8 Å². The van der Waals surface area contributed by atoms with Crippen molar-refractivity contribution in [3.8, 4) is 17.1 Å². The second-order valence-corrected chi connectivity index (χ2v) is 12.8. The van der Waals surface area contributed by atoms with E-state index in [0.717, 1.165) is 16.8 Å². The molecule has 0 saturated carbocycles. The number of hydrogen-bond donors (Lipinski definition) is 1. The van der Waals surface area contributed by atoms with Gasteiger partial charge in [0.2, 0.25) is 15.9 Å². The number of aryl methyl sites for hydroxylation is 1. The summed E-state index contributed by atoms with van der Waals surface area (Å²) in [6, 6.07) is 11.9. The van der Waals surface area contributed by atoms with E-state index in [1.165, 1.54) is 17.0 Å². The van der Waals surface area contributed by atoms with Crippen LogP contribution >= 0.6 is 0 Å². The number of carbonyl (C=O) groups excluding carboxylic acids is 1. The molecule has 1 aromatic heterocycles. The molecule has 38 heavy (non-hydrogen) atoms. The Morgan fingerprint density at radius 3 is 2.45 bits per heavy atom. The molecule has 1 aromatic carbocycles. The maximum atomic E-state index is 13.8. The Labute approximate surface area is 225 Å². The van der Waals surface area contributed by atoms with Crippen LogP contribution in [0.1, 0.15) is 49.7 Å². The monoisotopic (exact) mass is 545 g/mol. The zero-order valence-electron chi connectivity index (χ0n) is 22.7. The summed E-state index contributed by atoms with van der Waals surface area (Å²) in [6.45, 7) is 5.74. The van der Waals surface area contributed by atoms with Gasteiger partial charge in [0.15, 0.2) is 4.75 Å². The van der Waals surface area contributed by atoms with Crippen LogP contribution in [0.4, 0.5) is 0 Å². The molecule has 1 N–H and O–H groups in total. The number of piperidine rings is 2. The molecule has 208 valence electrons. The summed E-state index contributed by atoms with van der Waals surface area (Å²) in [6.07, 6.45) is 1.31. The highest BCUT2D eigenvalue weighted by Gasteiger charge is 2.55. The smallest absolute Gasteiger partial charge is 0.328 e. The summed E-state index contributed by atoms with van der Waals surface area (Å²) in [4.78, 5) is 19.4. The van der Waals surface area contributed by atoms with Gasteiger partial charge in [-0.15, -0.1) is 0 Å². The Morgan fingerprint density at radius 2 is 1.84 bits per heavy atom. The minimum atomic E-state index is -3.86. The van der Waals surface area contributed by atoms with E-state index < -0.39 is 26.8 Å². The van der Waals surface area contributed by atoms with Crippen molar-refractivity contribution >= 4 is 16.0 Å². The molecular formula is C28H39N3O6S. The third kappa shape index (κ3) is 5.73. The number of carbonyl (C=O) groups is 1. The van der Waals surface area contributed by atoms with Gasteiger partial charge in [-0.05, 0) is 82.8 Å². The van der Waals surface area contributed by atoms with Crippen LogP contribution in [-0.2, 0) is 19.6 Å². The lowest BCUT2D eigenvalue weighted by atomic mass is 9.88. The highest BCUT2D eigenvalue weighted by molar-refractivity contribution is 7.91. The summed E-state index contributed by atoms with van der Waals surface area (Å²) >= 11 is 0. The Morgan fingerprint density at radius 1 is 1.16 bits per heavy atom. The van der Waals surface area contributed by atoms with Gasteiger partial charge in [0.25, 0.3) is 0 Å². The van der Waals surface area contributed by atoms with E-state index >= 15 is 0 Å². The molecule has 2 aromatic rings. The zero-order chi connectivity index (χ0) is 27.5. The normalized spacial score (nSPS) is 20.1. The Bertz CT molecular complexity index is 1230. The lowest BCUT2D eigenvalue weighted by Crippen LogP contribution is -2.59. The van der Waals surface area contributed by atoms with E-state index in [4.69, 9.17) is 9.47 Å². The highest BCUT2D eigenvalue weighted by atomic mass is 32.2. The highest BCUT2D eigenvalue weighted by Crippen LogP contribution is 2.38. The second kappa shape index (κ2) is 11.7. The van der Waals surface area contributed by atoms with E-state index in [0.29, 0.717) is 44.9 Å².